The fourth-order valence-corrected chi connectivity index (χ4v) is 3.20. The van der Waals surface area contributed by atoms with Crippen LogP contribution in [0.15, 0.2) is 40.1 Å². The first-order valence-electron chi connectivity index (χ1n) is 7.15. The van der Waals surface area contributed by atoms with Crippen molar-refractivity contribution in [3.63, 3.8) is 0 Å². The van der Waals surface area contributed by atoms with Crippen molar-refractivity contribution in [2.75, 3.05) is 11.1 Å². The van der Waals surface area contributed by atoms with Gasteiger partial charge in [-0.25, -0.2) is 4.98 Å². The molecule has 3 rings (SSSR count). The maximum atomic E-state index is 11.9. The minimum Gasteiger partial charge on any atom is -0.482 e. The van der Waals surface area contributed by atoms with Crippen molar-refractivity contribution >= 4 is 45.7 Å². The van der Waals surface area contributed by atoms with Crippen molar-refractivity contribution in [1.29, 1.82) is 0 Å². The van der Waals surface area contributed by atoms with E-state index >= 15 is 0 Å². The molecule has 10 heteroatoms. The van der Waals surface area contributed by atoms with Gasteiger partial charge in [0.05, 0.1) is 10.8 Å². The number of aromatic nitrogens is 3. The molecule has 0 aliphatic heterocycles. The largest absolute Gasteiger partial charge is 0.482 e. The minimum atomic E-state index is -0.189. The number of aryl methyl sites for hydroxylation is 1. The first-order chi connectivity index (χ1) is 12.1. The summed E-state index contributed by atoms with van der Waals surface area (Å²) in [6, 6.07) is 7.11. The fourth-order valence-electron chi connectivity index (χ4n) is 1.75. The number of thiazole rings is 1. The van der Waals surface area contributed by atoms with Gasteiger partial charge in [0.1, 0.15) is 5.75 Å². The van der Waals surface area contributed by atoms with Crippen LogP contribution in [-0.4, -0.2) is 26.8 Å². The first-order valence-corrected chi connectivity index (χ1v) is 9.33. The highest BCUT2D eigenvalue weighted by molar-refractivity contribution is 7.99. The molecule has 0 aliphatic rings. The lowest BCUT2D eigenvalue weighted by atomic mass is 10.3. The number of amides is 1. The van der Waals surface area contributed by atoms with Gasteiger partial charge < -0.3 is 14.5 Å². The van der Waals surface area contributed by atoms with Crippen LogP contribution in [0.5, 0.6) is 5.75 Å². The average Bonchev–Trinajstić information content (AvgIpc) is 3.21. The highest BCUT2D eigenvalue weighted by Gasteiger charge is 2.12. The predicted octanol–water partition coefficient (Wildman–Crippen LogP) is 3.80. The van der Waals surface area contributed by atoms with E-state index in [-0.39, 0.29) is 18.3 Å². The van der Waals surface area contributed by atoms with Gasteiger partial charge in [0.15, 0.2) is 11.7 Å². The number of thioether (sulfide) groups is 1. The number of nitrogens with one attached hydrogen (secondary N) is 1. The van der Waals surface area contributed by atoms with Crippen molar-refractivity contribution in [2.24, 2.45) is 0 Å². The highest BCUT2D eigenvalue weighted by Crippen LogP contribution is 2.24. The van der Waals surface area contributed by atoms with Crippen molar-refractivity contribution in [2.45, 2.75) is 18.8 Å². The van der Waals surface area contributed by atoms with Crippen LogP contribution in [0.2, 0.25) is 5.02 Å². The van der Waals surface area contributed by atoms with Crippen molar-refractivity contribution in [3.05, 3.63) is 46.3 Å². The Morgan fingerprint density at radius 2 is 2.24 bits per heavy atom. The minimum absolute atomic E-state index is 0.0991. The Morgan fingerprint density at radius 3 is 3.00 bits per heavy atom. The van der Waals surface area contributed by atoms with E-state index in [1.165, 1.54) is 11.3 Å². The molecule has 0 saturated carbocycles. The van der Waals surface area contributed by atoms with Gasteiger partial charge >= 0.3 is 0 Å². The third kappa shape index (κ3) is 5.18. The number of carbonyl (C=O) groups excluding carboxylic acids is 1. The Balaban J connectivity index is 1.46. The van der Waals surface area contributed by atoms with Gasteiger partial charge in [-0.1, -0.05) is 35.5 Å². The summed E-state index contributed by atoms with van der Waals surface area (Å²) >= 11 is 8.56. The lowest BCUT2D eigenvalue weighted by Crippen LogP contribution is -2.13. The van der Waals surface area contributed by atoms with Crippen molar-refractivity contribution in [3.8, 4) is 5.75 Å². The smallest absolute Gasteiger partial charge is 0.277 e. The molecule has 0 saturated heterocycles. The van der Waals surface area contributed by atoms with E-state index in [1.54, 1.807) is 18.3 Å². The van der Waals surface area contributed by atoms with Gasteiger partial charge in [0, 0.05) is 11.1 Å². The van der Waals surface area contributed by atoms with E-state index in [2.05, 4.69) is 20.5 Å². The molecule has 1 aromatic carbocycles. The van der Waals surface area contributed by atoms with Crippen LogP contribution >= 0.6 is 34.7 Å². The molecule has 0 aliphatic carbocycles. The molecule has 0 bridgehead atoms. The summed E-state index contributed by atoms with van der Waals surface area (Å²) in [4.78, 5) is 17.0. The highest BCUT2D eigenvalue weighted by atomic mass is 35.5. The maximum Gasteiger partial charge on any atom is 0.277 e. The van der Waals surface area contributed by atoms with Crippen LogP contribution in [-0.2, 0) is 11.4 Å². The van der Waals surface area contributed by atoms with Gasteiger partial charge in [-0.3, -0.25) is 4.79 Å². The summed E-state index contributed by atoms with van der Waals surface area (Å²) in [5, 5.41) is 11.8. The number of hydrogen-bond acceptors (Lipinski definition) is 8. The van der Waals surface area contributed by atoms with Crippen LogP contribution in [0.4, 0.5) is 5.13 Å². The van der Waals surface area contributed by atoms with E-state index in [9.17, 15) is 4.79 Å². The zero-order valence-corrected chi connectivity index (χ0v) is 15.5. The monoisotopic (exact) mass is 396 g/mol. The summed E-state index contributed by atoms with van der Waals surface area (Å²) < 4.78 is 10.9. The Morgan fingerprint density at radius 1 is 1.40 bits per heavy atom. The number of anilines is 1. The second-order valence-electron chi connectivity index (χ2n) is 4.79. The molecule has 25 heavy (non-hydrogen) atoms. The molecular formula is C15H13ClN4O3S2. The zero-order chi connectivity index (χ0) is 17.6. The molecule has 1 amide bonds. The second kappa shape index (κ2) is 8.32. The standard InChI is InChI=1S/C15H13ClN4O3S2/c1-9-6-17-14(25-9)18-12(21)8-24-15-20-19-13(23-15)7-22-11-5-3-2-4-10(11)16/h2-6H,7-8H2,1H3,(H,17,18,21). The van der Waals surface area contributed by atoms with Crippen LogP contribution in [0.1, 0.15) is 10.8 Å². The Labute approximate surface area is 156 Å². The molecule has 130 valence electrons. The summed E-state index contributed by atoms with van der Waals surface area (Å²) in [5.41, 5.74) is 0. The Hall–Kier alpha value is -2.10. The summed E-state index contributed by atoms with van der Waals surface area (Å²) in [6.45, 7) is 2.02. The number of para-hydroxylation sites is 1. The second-order valence-corrected chi connectivity index (χ2v) is 7.36. The lowest BCUT2D eigenvalue weighted by molar-refractivity contribution is -0.113. The number of benzene rings is 1. The SMILES string of the molecule is Cc1cnc(NC(=O)CSc2nnc(COc3ccccc3Cl)o2)s1. The van der Waals surface area contributed by atoms with Gasteiger partial charge in [-0.05, 0) is 19.1 Å². The number of rotatable bonds is 7. The normalized spacial score (nSPS) is 10.6. The zero-order valence-electron chi connectivity index (χ0n) is 13.1. The maximum absolute atomic E-state index is 11.9. The number of carbonyl (C=O) groups is 1. The molecule has 0 fully saturated rings. The topological polar surface area (TPSA) is 90.1 Å². The molecule has 7 nitrogen and oxygen atoms in total. The molecular weight excluding hydrogens is 384 g/mol. The lowest BCUT2D eigenvalue weighted by Gasteiger charge is -2.04. The van der Waals surface area contributed by atoms with E-state index in [4.69, 9.17) is 20.8 Å². The van der Waals surface area contributed by atoms with Gasteiger partial charge in [0.2, 0.25) is 5.91 Å². The molecule has 2 aromatic heterocycles. The third-order valence-electron chi connectivity index (χ3n) is 2.83. The molecule has 0 spiro atoms. The number of nitrogens with zero attached hydrogens (tertiary/aromatic N) is 3. The molecule has 2 heterocycles. The van der Waals surface area contributed by atoms with Crippen LogP contribution in [0, 0.1) is 6.92 Å². The van der Waals surface area contributed by atoms with E-state index < -0.39 is 0 Å². The molecule has 0 unspecified atom stereocenters. The first kappa shape index (κ1) is 17.7. The summed E-state index contributed by atoms with van der Waals surface area (Å²) in [5.74, 6) is 0.797. The van der Waals surface area contributed by atoms with Gasteiger partial charge in [0.25, 0.3) is 11.1 Å². The Kier molecular flexibility index (Phi) is 5.90. The van der Waals surface area contributed by atoms with Crippen molar-refractivity contribution < 1.29 is 13.9 Å². The van der Waals surface area contributed by atoms with E-state index in [0.29, 0.717) is 27.0 Å². The quantitative estimate of drug-likeness (QED) is 0.607. The summed E-state index contributed by atoms with van der Waals surface area (Å²) in [7, 11) is 0. The van der Waals surface area contributed by atoms with Crippen LogP contribution in [0.25, 0.3) is 0 Å². The predicted molar refractivity (Wildman–Crippen MR) is 96.3 cm³/mol. The number of ether oxygens (including phenoxy) is 1. The molecule has 0 radical (unpaired) electrons. The molecule has 1 N–H and O–H groups in total. The average molecular weight is 397 g/mol. The molecule has 0 atom stereocenters. The third-order valence-corrected chi connectivity index (χ3v) is 4.79. The van der Waals surface area contributed by atoms with E-state index in [1.807, 2.05) is 19.1 Å². The van der Waals surface area contributed by atoms with E-state index in [0.717, 1.165) is 16.6 Å². The Bertz CT molecular complexity index is 868. The van der Waals surface area contributed by atoms with Crippen LogP contribution < -0.4 is 10.1 Å². The number of halogens is 1. The van der Waals surface area contributed by atoms with Gasteiger partial charge in [-0.15, -0.1) is 21.5 Å². The van der Waals surface area contributed by atoms with Gasteiger partial charge in [-0.2, -0.15) is 0 Å². The summed E-state index contributed by atoms with van der Waals surface area (Å²) in [6.07, 6.45) is 1.71. The molecule has 3 aromatic rings. The van der Waals surface area contributed by atoms with Crippen LogP contribution in [0.3, 0.4) is 0 Å². The van der Waals surface area contributed by atoms with Crippen molar-refractivity contribution in [1.82, 2.24) is 15.2 Å². The fraction of sp³-hybridized carbons (Fsp3) is 0.200. The number of hydrogen-bond donors (Lipinski definition) is 1.